The Morgan fingerprint density at radius 3 is 2.40 bits per heavy atom. The molecule has 2 aromatic carbocycles. The van der Waals surface area contributed by atoms with Gasteiger partial charge >= 0.3 is 0 Å². The van der Waals surface area contributed by atoms with Gasteiger partial charge < -0.3 is 10.2 Å². The van der Waals surface area contributed by atoms with Gasteiger partial charge in [0.1, 0.15) is 0 Å². The summed E-state index contributed by atoms with van der Waals surface area (Å²) in [7, 11) is 0. The number of rotatable bonds is 4. The molecule has 2 aromatic rings. The predicted molar refractivity (Wildman–Crippen MR) is 106 cm³/mol. The molecule has 0 atom stereocenters. The van der Waals surface area contributed by atoms with E-state index in [1.165, 1.54) is 5.56 Å². The van der Waals surface area contributed by atoms with Gasteiger partial charge in [-0.1, -0.05) is 43.6 Å². The van der Waals surface area contributed by atoms with Crippen LogP contribution in [0, 0.1) is 5.92 Å². The van der Waals surface area contributed by atoms with Crippen molar-refractivity contribution in [3.05, 3.63) is 59.1 Å². The molecule has 1 saturated heterocycles. The molecule has 1 heterocycles. The molecule has 1 N–H and O–H groups in total. The third-order valence-corrected chi connectivity index (χ3v) is 5.12. The Bertz CT molecular complexity index is 719. The van der Waals surface area contributed by atoms with Crippen LogP contribution in [0.1, 0.15) is 38.2 Å². The van der Waals surface area contributed by atoms with Gasteiger partial charge in [-0.05, 0) is 54.7 Å². The van der Waals surface area contributed by atoms with Gasteiger partial charge in [0.2, 0.25) is 5.91 Å². The van der Waals surface area contributed by atoms with Crippen LogP contribution in [-0.4, -0.2) is 19.0 Å². The van der Waals surface area contributed by atoms with Crippen molar-refractivity contribution in [2.45, 2.75) is 32.6 Å². The summed E-state index contributed by atoms with van der Waals surface area (Å²) in [5, 5.41) is 3.81. The number of carbonyl (C=O) groups excluding carboxylic acids is 1. The lowest BCUT2D eigenvalue weighted by Crippen LogP contribution is -2.38. The van der Waals surface area contributed by atoms with E-state index in [1.54, 1.807) is 0 Å². The number of hydrogen-bond donors (Lipinski definition) is 1. The molecule has 0 aliphatic carbocycles. The highest BCUT2D eigenvalue weighted by Crippen LogP contribution is 2.26. The fourth-order valence-electron chi connectivity index (χ4n) is 3.27. The van der Waals surface area contributed by atoms with Gasteiger partial charge in [-0.3, -0.25) is 4.79 Å². The molecule has 0 aromatic heterocycles. The summed E-state index contributed by atoms with van der Waals surface area (Å²) in [5.74, 6) is 0.698. The molecule has 3 rings (SSSR count). The number of piperidine rings is 1. The van der Waals surface area contributed by atoms with E-state index in [-0.39, 0.29) is 11.8 Å². The Morgan fingerprint density at radius 2 is 1.80 bits per heavy atom. The molecule has 3 nitrogen and oxygen atoms in total. The average molecular weight is 357 g/mol. The number of benzene rings is 2. The van der Waals surface area contributed by atoms with Crippen molar-refractivity contribution in [1.29, 1.82) is 0 Å². The molecule has 0 saturated carbocycles. The Balaban J connectivity index is 1.54. The maximum atomic E-state index is 12.5. The first-order valence-electron chi connectivity index (χ1n) is 8.94. The fourth-order valence-corrected chi connectivity index (χ4v) is 3.45. The van der Waals surface area contributed by atoms with Gasteiger partial charge in [0, 0.05) is 35.4 Å². The molecule has 1 amide bonds. The zero-order chi connectivity index (χ0) is 17.8. The minimum Gasteiger partial charge on any atom is -0.371 e. The van der Waals surface area contributed by atoms with Crippen LogP contribution in [0.5, 0.6) is 0 Å². The topological polar surface area (TPSA) is 32.3 Å². The summed E-state index contributed by atoms with van der Waals surface area (Å²) in [5.41, 5.74) is 3.30. The average Bonchev–Trinajstić information content (AvgIpc) is 2.62. The van der Waals surface area contributed by atoms with Gasteiger partial charge in [-0.15, -0.1) is 0 Å². The molecule has 1 fully saturated rings. The van der Waals surface area contributed by atoms with Gasteiger partial charge in [0.15, 0.2) is 0 Å². The minimum absolute atomic E-state index is 0.0696. The van der Waals surface area contributed by atoms with E-state index in [4.69, 9.17) is 11.6 Å². The van der Waals surface area contributed by atoms with E-state index in [2.05, 4.69) is 42.3 Å². The summed E-state index contributed by atoms with van der Waals surface area (Å²) < 4.78 is 0. The number of carbonyl (C=O) groups is 1. The lowest BCUT2D eigenvalue weighted by molar-refractivity contribution is -0.120. The number of anilines is 2. The van der Waals surface area contributed by atoms with Crippen molar-refractivity contribution in [2.24, 2.45) is 5.92 Å². The third kappa shape index (κ3) is 4.55. The van der Waals surface area contributed by atoms with Crippen LogP contribution in [-0.2, 0) is 4.79 Å². The lowest BCUT2D eigenvalue weighted by atomic mass is 9.95. The largest absolute Gasteiger partial charge is 0.371 e. The van der Waals surface area contributed by atoms with Gasteiger partial charge in [0.25, 0.3) is 0 Å². The molecular formula is C21H25ClN2O. The van der Waals surface area contributed by atoms with Crippen LogP contribution in [0.2, 0.25) is 5.02 Å². The quantitative estimate of drug-likeness (QED) is 0.804. The molecule has 0 radical (unpaired) electrons. The summed E-state index contributed by atoms with van der Waals surface area (Å²) in [6.07, 6.45) is 1.73. The molecule has 1 aliphatic rings. The minimum atomic E-state index is 0.0696. The van der Waals surface area contributed by atoms with Crippen molar-refractivity contribution in [2.75, 3.05) is 23.3 Å². The molecule has 1 aliphatic heterocycles. The summed E-state index contributed by atoms with van der Waals surface area (Å²) in [6.45, 7) is 6.10. The highest BCUT2D eigenvalue weighted by molar-refractivity contribution is 6.30. The summed E-state index contributed by atoms with van der Waals surface area (Å²) in [6, 6.07) is 16.1. The van der Waals surface area contributed by atoms with E-state index < -0.39 is 0 Å². The molecule has 0 bridgehead atoms. The van der Waals surface area contributed by atoms with Crippen molar-refractivity contribution < 1.29 is 4.79 Å². The number of amides is 1. The van der Waals surface area contributed by atoms with Crippen molar-refractivity contribution in [3.63, 3.8) is 0 Å². The molecule has 0 unspecified atom stereocenters. The standard InChI is InChI=1S/C21H25ClN2O/c1-15(2)16-6-8-19(9-7-16)23-21(25)17-10-12-24(13-11-17)20-5-3-4-18(22)14-20/h3-9,14-15,17H,10-13H2,1-2H3,(H,23,25). The van der Waals surface area contributed by atoms with E-state index in [0.29, 0.717) is 5.92 Å². The van der Waals surface area contributed by atoms with E-state index >= 15 is 0 Å². The first-order valence-corrected chi connectivity index (χ1v) is 9.32. The Labute approximate surface area is 155 Å². The second kappa shape index (κ2) is 7.92. The van der Waals surface area contributed by atoms with Crippen LogP contribution >= 0.6 is 11.6 Å². The monoisotopic (exact) mass is 356 g/mol. The van der Waals surface area contributed by atoms with Gasteiger partial charge in [-0.2, -0.15) is 0 Å². The molecule has 0 spiro atoms. The van der Waals surface area contributed by atoms with Crippen molar-refractivity contribution in [1.82, 2.24) is 0 Å². The second-order valence-electron chi connectivity index (χ2n) is 7.01. The smallest absolute Gasteiger partial charge is 0.227 e. The fraction of sp³-hybridized carbons (Fsp3) is 0.381. The third-order valence-electron chi connectivity index (χ3n) is 4.88. The lowest BCUT2D eigenvalue weighted by Gasteiger charge is -2.33. The maximum Gasteiger partial charge on any atom is 0.227 e. The van der Waals surface area contributed by atoms with Gasteiger partial charge in [-0.25, -0.2) is 0 Å². The molecular weight excluding hydrogens is 332 g/mol. The highest BCUT2D eigenvalue weighted by atomic mass is 35.5. The first kappa shape index (κ1) is 17.8. The first-order chi connectivity index (χ1) is 12.0. The Morgan fingerprint density at radius 1 is 1.12 bits per heavy atom. The van der Waals surface area contributed by atoms with Crippen LogP contribution in [0.4, 0.5) is 11.4 Å². The van der Waals surface area contributed by atoms with E-state index in [9.17, 15) is 4.79 Å². The number of halogens is 1. The molecule has 132 valence electrons. The van der Waals surface area contributed by atoms with Crippen LogP contribution < -0.4 is 10.2 Å². The highest BCUT2D eigenvalue weighted by Gasteiger charge is 2.25. The van der Waals surface area contributed by atoms with Gasteiger partial charge in [0.05, 0.1) is 0 Å². The van der Waals surface area contributed by atoms with Crippen molar-refractivity contribution in [3.8, 4) is 0 Å². The van der Waals surface area contributed by atoms with E-state index in [1.807, 2.05) is 30.3 Å². The zero-order valence-electron chi connectivity index (χ0n) is 14.8. The van der Waals surface area contributed by atoms with Crippen LogP contribution in [0.3, 0.4) is 0 Å². The Kier molecular flexibility index (Phi) is 5.64. The number of nitrogens with one attached hydrogen (secondary N) is 1. The second-order valence-corrected chi connectivity index (χ2v) is 7.44. The van der Waals surface area contributed by atoms with Crippen LogP contribution in [0.15, 0.2) is 48.5 Å². The van der Waals surface area contributed by atoms with Crippen molar-refractivity contribution >= 4 is 28.9 Å². The normalized spacial score (nSPS) is 15.4. The summed E-state index contributed by atoms with van der Waals surface area (Å²) >= 11 is 6.07. The Hall–Kier alpha value is -2.00. The zero-order valence-corrected chi connectivity index (χ0v) is 15.6. The number of nitrogens with zero attached hydrogens (tertiary/aromatic N) is 1. The SMILES string of the molecule is CC(C)c1ccc(NC(=O)C2CCN(c3cccc(Cl)c3)CC2)cc1. The predicted octanol–water partition coefficient (Wildman–Crippen LogP) is 5.32. The number of hydrogen-bond acceptors (Lipinski definition) is 2. The van der Waals surface area contributed by atoms with Crippen LogP contribution in [0.25, 0.3) is 0 Å². The summed E-state index contributed by atoms with van der Waals surface area (Å²) in [4.78, 5) is 14.8. The maximum absolute atomic E-state index is 12.5. The van der Waals surface area contributed by atoms with E-state index in [0.717, 1.165) is 42.3 Å². The molecule has 25 heavy (non-hydrogen) atoms. The molecule has 4 heteroatoms.